The Kier molecular flexibility index (Phi) is 6.89. The summed E-state index contributed by atoms with van der Waals surface area (Å²) in [6.07, 6.45) is 5.38. The molecule has 0 radical (unpaired) electrons. The molecule has 98 valence electrons. The van der Waals surface area contributed by atoms with Crippen LogP contribution in [-0.2, 0) is 9.53 Å². The van der Waals surface area contributed by atoms with E-state index in [0.717, 1.165) is 32.4 Å². The number of hydrogen-bond acceptors (Lipinski definition) is 3. The standard InChI is InChI=1S/C13H24N2O2/c1-3-9-17-10-5-7-13(16)15-8-4-6-12(15)11-14-2/h3,12,14H,1,4-11H2,2H3. The van der Waals surface area contributed by atoms with Crippen molar-refractivity contribution in [3.8, 4) is 0 Å². The minimum absolute atomic E-state index is 0.268. The molecule has 1 aliphatic rings. The van der Waals surface area contributed by atoms with E-state index < -0.39 is 0 Å². The molecule has 17 heavy (non-hydrogen) atoms. The van der Waals surface area contributed by atoms with Gasteiger partial charge in [0.15, 0.2) is 0 Å². The van der Waals surface area contributed by atoms with E-state index in [1.54, 1.807) is 6.08 Å². The average Bonchev–Trinajstić information content (AvgIpc) is 2.77. The van der Waals surface area contributed by atoms with Crippen LogP contribution < -0.4 is 5.32 Å². The molecular weight excluding hydrogens is 216 g/mol. The molecule has 1 atom stereocenters. The van der Waals surface area contributed by atoms with E-state index in [9.17, 15) is 4.79 Å². The molecule has 1 unspecified atom stereocenters. The van der Waals surface area contributed by atoms with Gasteiger partial charge in [-0.3, -0.25) is 4.79 Å². The number of carbonyl (C=O) groups excluding carboxylic acids is 1. The topological polar surface area (TPSA) is 41.6 Å². The van der Waals surface area contributed by atoms with Crippen molar-refractivity contribution in [2.24, 2.45) is 0 Å². The van der Waals surface area contributed by atoms with Crippen LogP contribution >= 0.6 is 0 Å². The fourth-order valence-electron chi connectivity index (χ4n) is 2.25. The van der Waals surface area contributed by atoms with Gasteiger partial charge in [0.25, 0.3) is 0 Å². The zero-order valence-electron chi connectivity index (χ0n) is 10.8. The third-order valence-corrected chi connectivity index (χ3v) is 3.05. The Hall–Kier alpha value is -0.870. The SMILES string of the molecule is C=CCOCCCC(=O)N1CCCC1CNC. The second-order valence-electron chi connectivity index (χ2n) is 4.41. The molecule has 4 heteroatoms. The Balaban J connectivity index is 2.19. The summed E-state index contributed by atoms with van der Waals surface area (Å²) in [7, 11) is 1.93. The fourth-order valence-corrected chi connectivity index (χ4v) is 2.25. The zero-order chi connectivity index (χ0) is 12.5. The molecule has 1 heterocycles. The number of likely N-dealkylation sites (N-methyl/N-ethyl adjacent to an activating group) is 1. The summed E-state index contributed by atoms with van der Waals surface area (Å²) in [5, 5.41) is 3.15. The Bertz CT molecular complexity index is 244. The summed E-state index contributed by atoms with van der Waals surface area (Å²) in [4.78, 5) is 14.0. The molecule has 0 aromatic rings. The van der Waals surface area contributed by atoms with Crippen LogP contribution in [0.1, 0.15) is 25.7 Å². The lowest BCUT2D eigenvalue weighted by atomic mass is 10.2. The molecule has 1 rings (SSSR count). The minimum Gasteiger partial charge on any atom is -0.377 e. The Morgan fingerprint density at radius 1 is 1.65 bits per heavy atom. The largest absolute Gasteiger partial charge is 0.377 e. The van der Waals surface area contributed by atoms with Gasteiger partial charge in [-0.25, -0.2) is 0 Å². The Labute approximate surface area is 104 Å². The summed E-state index contributed by atoms with van der Waals surface area (Å²) in [6.45, 7) is 6.61. The highest BCUT2D eigenvalue weighted by Gasteiger charge is 2.27. The van der Waals surface area contributed by atoms with Gasteiger partial charge in [-0.15, -0.1) is 6.58 Å². The van der Waals surface area contributed by atoms with E-state index in [4.69, 9.17) is 4.74 Å². The Morgan fingerprint density at radius 2 is 2.47 bits per heavy atom. The van der Waals surface area contributed by atoms with Gasteiger partial charge in [-0.1, -0.05) is 6.08 Å². The summed E-state index contributed by atoms with van der Waals surface area (Å²) in [6, 6.07) is 0.390. The van der Waals surface area contributed by atoms with Crippen LogP contribution in [0.2, 0.25) is 0 Å². The normalized spacial score (nSPS) is 19.6. The van der Waals surface area contributed by atoms with Crippen LogP contribution in [0.4, 0.5) is 0 Å². The second kappa shape index (κ2) is 8.25. The number of carbonyl (C=O) groups is 1. The van der Waals surface area contributed by atoms with Crippen molar-refractivity contribution in [1.82, 2.24) is 10.2 Å². The first-order valence-electron chi connectivity index (χ1n) is 6.42. The summed E-state index contributed by atoms with van der Waals surface area (Å²) >= 11 is 0. The maximum atomic E-state index is 12.0. The minimum atomic E-state index is 0.268. The summed E-state index contributed by atoms with van der Waals surface area (Å²) in [5.41, 5.74) is 0. The van der Waals surface area contributed by atoms with Crippen molar-refractivity contribution in [3.63, 3.8) is 0 Å². The van der Waals surface area contributed by atoms with Gasteiger partial charge < -0.3 is 15.0 Å². The second-order valence-corrected chi connectivity index (χ2v) is 4.41. The summed E-state index contributed by atoms with van der Waals surface area (Å²) < 4.78 is 5.27. The molecule has 1 N–H and O–H groups in total. The molecule has 1 aliphatic heterocycles. The predicted molar refractivity (Wildman–Crippen MR) is 68.9 cm³/mol. The fraction of sp³-hybridized carbons (Fsp3) is 0.769. The molecular formula is C13H24N2O2. The van der Waals surface area contributed by atoms with E-state index >= 15 is 0 Å². The highest BCUT2D eigenvalue weighted by Crippen LogP contribution is 2.17. The monoisotopic (exact) mass is 240 g/mol. The van der Waals surface area contributed by atoms with Crippen LogP contribution in [0.5, 0.6) is 0 Å². The van der Waals surface area contributed by atoms with Crippen LogP contribution in [0.25, 0.3) is 0 Å². The number of hydrogen-bond donors (Lipinski definition) is 1. The molecule has 0 bridgehead atoms. The van der Waals surface area contributed by atoms with Crippen molar-refractivity contribution in [1.29, 1.82) is 0 Å². The quantitative estimate of drug-likeness (QED) is 0.512. The first-order chi connectivity index (χ1) is 8.29. The highest BCUT2D eigenvalue weighted by molar-refractivity contribution is 5.76. The maximum Gasteiger partial charge on any atom is 0.222 e. The molecule has 0 aromatic carbocycles. The highest BCUT2D eigenvalue weighted by atomic mass is 16.5. The molecule has 0 aliphatic carbocycles. The average molecular weight is 240 g/mol. The number of nitrogens with zero attached hydrogens (tertiary/aromatic N) is 1. The predicted octanol–water partition coefficient (Wildman–Crippen LogP) is 1.18. The maximum absolute atomic E-state index is 12.0. The molecule has 0 saturated carbocycles. The van der Waals surface area contributed by atoms with Crippen molar-refractivity contribution in [2.45, 2.75) is 31.7 Å². The molecule has 1 amide bonds. The van der Waals surface area contributed by atoms with Crippen molar-refractivity contribution < 1.29 is 9.53 Å². The number of rotatable bonds is 8. The van der Waals surface area contributed by atoms with Gasteiger partial charge in [0.05, 0.1) is 6.61 Å². The smallest absolute Gasteiger partial charge is 0.222 e. The van der Waals surface area contributed by atoms with E-state index in [1.807, 2.05) is 11.9 Å². The first-order valence-corrected chi connectivity index (χ1v) is 6.42. The van der Waals surface area contributed by atoms with Crippen LogP contribution in [0.3, 0.4) is 0 Å². The van der Waals surface area contributed by atoms with Gasteiger partial charge in [-0.05, 0) is 26.3 Å². The number of ether oxygens (including phenoxy) is 1. The third-order valence-electron chi connectivity index (χ3n) is 3.05. The number of nitrogens with one attached hydrogen (secondary N) is 1. The first kappa shape index (κ1) is 14.2. The number of likely N-dealkylation sites (tertiary alicyclic amines) is 1. The third kappa shape index (κ3) is 4.88. The lowest BCUT2D eigenvalue weighted by Crippen LogP contribution is -2.40. The van der Waals surface area contributed by atoms with Gasteiger partial charge in [0.1, 0.15) is 0 Å². The van der Waals surface area contributed by atoms with Crippen LogP contribution in [0, 0.1) is 0 Å². The lowest BCUT2D eigenvalue weighted by Gasteiger charge is -2.24. The Morgan fingerprint density at radius 3 is 3.18 bits per heavy atom. The van der Waals surface area contributed by atoms with Gasteiger partial charge in [-0.2, -0.15) is 0 Å². The molecule has 4 nitrogen and oxygen atoms in total. The van der Waals surface area contributed by atoms with E-state index in [1.165, 1.54) is 0 Å². The molecule has 1 fully saturated rings. The summed E-state index contributed by atoms with van der Waals surface area (Å²) in [5.74, 6) is 0.268. The van der Waals surface area contributed by atoms with Crippen molar-refractivity contribution in [2.75, 3.05) is 33.4 Å². The zero-order valence-corrected chi connectivity index (χ0v) is 10.8. The van der Waals surface area contributed by atoms with Gasteiger partial charge >= 0.3 is 0 Å². The van der Waals surface area contributed by atoms with Gasteiger partial charge in [0, 0.05) is 32.2 Å². The van der Waals surface area contributed by atoms with E-state index in [2.05, 4.69) is 11.9 Å². The van der Waals surface area contributed by atoms with Crippen molar-refractivity contribution in [3.05, 3.63) is 12.7 Å². The van der Waals surface area contributed by atoms with E-state index in [-0.39, 0.29) is 5.91 Å². The van der Waals surface area contributed by atoms with Crippen LogP contribution in [0.15, 0.2) is 12.7 Å². The number of amides is 1. The molecule has 1 saturated heterocycles. The van der Waals surface area contributed by atoms with E-state index in [0.29, 0.717) is 25.7 Å². The van der Waals surface area contributed by atoms with Crippen LogP contribution in [-0.4, -0.2) is 50.2 Å². The van der Waals surface area contributed by atoms with Gasteiger partial charge in [0.2, 0.25) is 5.91 Å². The lowest BCUT2D eigenvalue weighted by molar-refractivity contribution is -0.132. The molecule has 0 spiro atoms. The van der Waals surface area contributed by atoms with Crippen molar-refractivity contribution >= 4 is 5.91 Å². The molecule has 0 aromatic heterocycles.